The summed E-state index contributed by atoms with van der Waals surface area (Å²) in [5.74, 6) is -6.16. The van der Waals surface area contributed by atoms with Crippen LogP contribution < -0.4 is 10.1 Å². The number of hydrogen-bond acceptors (Lipinski definition) is 5. The van der Waals surface area contributed by atoms with Crippen LogP contribution in [-0.2, 0) is 13.2 Å². The molecule has 190 valence electrons. The Labute approximate surface area is 207 Å². The Morgan fingerprint density at radius 1 is 1.05 bits per heavy atom. The number of halogens is 4. The van der Waals surface area contributed by atoms with E-state index in [4.69, 9.17) is 4.74 Å². The Morgan fingerprint density at radius 3 is 2.46 bits per heavy atom. The van der Waals surface area contributed by atoms with E-state index in [1.807, 2.05) is 0 Å². The van der Waals surface area contributed by atoms with Gasteiger partial charge in [-0.2, -0.15) is 5.10 Å². The van der Waals surface area contributed by atoms with E-state index in [2.05, 4.69) is 10.4 Å². The highest BCUT2D eigenvalue weighted by Gasteiger charge is 2.20. The molecule has 0 fully saturated rings. The number of nitro groups is 1. The third-order valence-electron chi connectivity index (χ3n) is 5.36. The lowest BCUT2D eigenvalue weighted by atomic mass is 10.1. The molecule has 1 aromatic heterocycles. The Hall–Kier alpha value is -4.74. The second kappa shape index (κ2) is 10.5. The minimum atomic E-state index is -1.53. The van der Waals surface area contributed by atoms with Gasteiger partial charge < -0.3 is 10.1 Å². The fourth-order valence-electron chi connectivity index (χ4n) is 3.52. The van der Waals surface area contributed by atoms with E-state index in [9.17, 15) is 32.5 Å². The summed E-state index contributed by atoms with van der Waals surface area (Å²) in [7, 11) is 0. The lowest BCUT2D eigenvalue weighted by Crippen LogP contribution is -2.14. The molecule has 0 aliphatic carbocycles. The highest BCUT2D eigenvalue weighted by molar-refractivity contribution is 6.03. The topological polar surface area (TPSA) is 99.3 Å². The Morgan fingerprint density at radius 2 is 1.78 bits per heavy atom. The zero-order chi connectivity index (χ0) is 26.7. The molecule has 0 aliphatic heterocycles. The van der Waals surface area contributed by atoms with Gasteiger partial charge in [0.2, 0.25) is 0 Å². The molecule has 4 rings (SSSR count). The van der Waals surface area contributed by atoms with Gasteiger partial charge in [-0.3, -0.25) is 19.6 Å². The Balaban J connectivity index is 1.41. The predicted octanol–water partition coefficient (Wildman–Crippen LogP) is 5.54. The van der Waals surface area contributed by atoms with Crippen molar-refractivity contribution >= 4 is 17.4 Å². The number of carbonyl (C=O) groups is 1. The van der Waals surface area contributed by atoms with E-state index in [0.717, 1.165) is 4.68 Å². The summed E-state index contributed by atoms with van der Waals surface area (Å²) in [6.07, 6.45) is 1.29. The molecule has 0 radical (unpaired) electrons. The van der Waals surface area contributed by atoms with Crippen LogP contribution in [-0.4, -0.2) is 20.6 Å². The molecule has 0 saturated heterocycles. The number of hydrogen-bond donors (Lipinski definition) is 1. The van der Waals surface area contributed by atoms with Crippen LogP contribution in [0.15, 0.2) is 60.8 Å². The average molecular weight is 514 g/mol. The fourth-order valence-corrected chi connectivity index (χ4v) is 3.52. The van der Waals surface area contributed by atoms with Gasteiger partial charge in [-0.05, 0) is 36.8 Å². The summed E-state index contributed by atoms with van der Waals surface area (Å²) in [6.45, 7) is 1.09. The summed E-state index contributed by atoms with van der Waals surface area (Å²) in [4.78, 5) is 23.1. The zero-order valence-electron chi connectivity index (χ0n) is 19.2. The second-order valence-electron chi connectivity index (χ2n) is 7.99. The van der Waals surface area contributed by atoms with Crippen molar-refractivity contribution in [1.82, 2.24) is 9.78 Å². The molecule has 1 heterocycles. The molecule has 0 saturated carbocycles. The lowest BCUT2D eigenvalue weighted by molar-refractivity contribution is -0.385. The molecule has 1 amide bonds. The molecule has 1 N–H and O–H groups in total. The van der Waals surface area contributed by atoms with Crippen molar-refractivity contribution in [3.05, 3.63) is 116 Å². The summed E-state index contributed by atoms with van der Waals surface area (Å²) >= 11 is 0. The van der Waals surface area contributed by atoms with Crippen LogP contribution in [0.4, 0.5) is 29.1 Å². The second-order valence-corrected chi connectivity index (χ2v) is 7.99. The minimum absolute atomic E-state index is 0.0215. The number of anilines is 1. The summed E-state index contributed by atoms with van der Waals surface area (Å²) < 4.78 is 61.4. The number of amides is 1. The maximum atomic E-state index is 13.9. The zero-order valence-corrected chi connectivity index (χ0v) is 19.2. The molecule has 3 aromatic carbocycles. The number of ether oxygens (including phenoxy) is 1. The number of nitro benzene ring substituents is 1. The summed E-state index contributed by atoms with van der Waals surface area (Å²) in [5.41, 5.74) is 0.498. The van der Waals surface area contributed by atoms with Gasteiger partial charge >= 0.3 is 0 Å². The van der Waals surface area contributed by atoms with Gasteiger partial charge in [0.15, 0.2) is 29.1 Å². The molecule has 8 nitrogen and oxygen atoms in total. The third kappa shape index (κ3) is 5.74. The molecule has 4 aromatic rings. The first-order chi connectivity index (χ1) is 17.6. The molecular formula is C25H18F4N4O4. The third-order valence-corrected chi connectivity index (χ3v) is 5.36. The molecule has 0 bridgehead atoms. The van der Waals surface area contributed by atoms with Gasteiger partial charge in [-0.1, -0.05) is 12.1 Å². The fraction of sp³-hybridized carbons (Fsp3) is 0.120. The normalized spacial score (nSPS) is 10.8. The maximum absolute atomic E-state index is 13.9. The quantitative estimate of drug-likeness (QED) is 0.144. The highest BCUT2D eigenvalue weighted by Crippen LogP contribution is 2.24. The van der Waals surface area contributed by atoms with Crippen molar-refractivity contribution in [3.63, 3.8) is 0 Å². The number of rotatable bonds is 8. The van der Waals surface area contributed by atoms with Gasteiger partial charge in [0, 0.05) is 35.5 Å². The highest BCUT2D eigenvalue weighted by atomic mass is 19.2. The SMILES string of the molecule is Cc1cc(OCc2cccc(C(=O)Nc3ccn(Cc4c(F)c(F)cc(F)c4F)n3)c2)ccc1[N+](=O)[O-]. The monoisotopic (exact) mass is 514 g/mol. The number of aryl methyl sites for hydroxylation is 1. The molecule has 37 heavy (non-hydrogen) atoms. The molecule has 0 aliphatic rings. The number of nitrogens with one attached hydrogen (secondary N) is 1. The van der Waals surface area contributed by atoms with Crippen LogP contribution in [0.1, 0.15) is 27.0 Å². The standard InChI is InChI=1S/C25H18F4N4O4/c1-14-9-17(5-6-21(14)33(35)36)37-13-15-3-2-4-16(10-15)25(34)30-22-7-8-32(31-22)12-18-23(28)19(26)11-20(27)24(18)29/h2-11H,12-13H2,1H3,(H,30,31,34). The summed E-state index contributed by atoms with van der Waals surface area (Å²) in [6, 6.07) is 12.3. The van der Waals surface area contributed by atoms with Gasteiger partial charge in [0.05, 0.1) is 17.0 Å². The van der Waals surface area contributed by atoms with Crippen LogP contribution in [0.5, 0.6) is 5.75 Å². The number of aromatic nitrogens is 2. The van der Waals surface area contributed by atoms with Crippen molar-refractivity contribution < 1.29 is 32.0 Å². The van der Waals surface area contributed by atoms with Crippen LogP contribution >= 0.6 is 0 Å². The molecular weight excluding hydrogens is 496 g/mol. The summed E-state index contributed by atoms with van der Waals surface area (Å²) in [5, 5.41) is 17.4. The first kappa shape index (κ1) is 25.4. The molecule has 12 heteroatoms. The van der Waals surface area contributed by atoms with Crippen LogP contribution in [0, 0.1) is 40.3 Å². The van der Waals surface area contributed by atoms with E-state index in [-0.39, 0.29) is 29.7 Å². The van der Waals surface area contributed by atoms with Gasteiger partial charge in [0.25, 0.3) is 11.6 Å². The number of carbonyl (C=O) groups excluding carboxylic acids is 1. The van der Waals surface area contributed by atoms with Crippen LogP contribution in [0.3, 0.4) is 0 Å². The van der Waals surface area contributed by atoms with Crippen molar-refractivity contribution in [1.29, 1.82) is 0 Å². The van der Waals surface area contributed by atoms with Gasteiger partial charge in [0.1, 0.15) is 12.4 Å². The van der Waals surface area contributed by atoms with Gasteiger partial charge in [-0.15, -0.1) is 0 Å². The van der Waals surface area contributed by atoms with E-state index < -0.39 is 46.2 Å². The minimum Gasteiger partial charge on any atom is -0.489 e. The van der Waals surface area contributed by atoms with Gasteiger partial charge in [-0.25, -0.2) is 17.6 Å². The van der Waals surface area contributed by atoms with E-state index in [1.54, 1.807) is 37.3 Å². The predicted molar refractivity (Wildman–Crippen MR) is 124 cm³/mol. The maximum Gasteiger partial charge on any atom is 0.272 e. The Bertz CT molecular complexity index is 1480. The largest absolute Gasteiger partial charge is 0.489 e. The average Bonchev–Trinajstić information content (AvgIpc) is 3.31. The van der Waals surface area contributed by atoms with Crippen molar-refractivity contribution in [3.8, 4) is 5.75 Å². The van der Waals surface area contributed by atoms with E-state index in [1.165, 1.54) is 24.4 Å². The first-order valence-corrected chi connectivity index (χ1v) is 10.8. The number of benzene rings is 3. The van der Waals surface area contributed by atoms with E-state index >= 15 is 0 Å². The van der Waals surface area contributed by atoms with Crippen molar-refractivity contribution in [2.75, 3.05) is 5.32 Å². The lowest BCUT2D eigenvalue weighted by Gasteiger charge is -2.09. The van der Waals surface area contributed by atoms with E-state index in [0.29, 0.717) is 16.9 Å². The van der Waals surface area contributed by atoms with Crippen molar-refractivity contribution in [2.45, 2.75) is 20.1 Å². The Kier molecular flexibility index (Phi) is 7.18. The molecule has 0 atom stereocenters. The molecule has 0 unspecified atom stereocenters. The van der Waals surface area contributed by atoms with Crippen molar-refractivity contribution in [2.24, 2.45) is 0 Å². The number of nitrogens with zero attached hydrogens (tertiary/aromatic N) is 3. The smallest absolute Gasteiger partial charge is 0.272 e. The molecule has 0 spiro atoms. The van der Waals surface area contributed by atoms with Crippen LogP contribution in [0.2, 0.25) is 0 Å². The first-order valence-electron chi connectivity index (χ1n) is 10.8. The van der Waals surface area contributed by atoms with Crippen LogP contribution in [0.25, 0.3) is 0 Å².